The van der Waals surface area contributed by atoms with Crippen LogP contribution in [0, 0.1) is 13.8 Å². The minimum atomic E-state index is 0.942. The second-order valence-electron chi connectivity index (χ2n) is 4.46. The smallest absolute Gasteiger partial charge is 0.134 e. The molecule has 3 aromatic rings. The van der Waals surface area contributed by atoms with Gasteiger partial charge in [-0.2, -0.15) is 0 Å². The molecule has 1 heterocycles. The Bertz CT molecular complexity index is 663. The minimum Gasteiger partial charge on any atom is -0.464 e. The zero-order valence-electron chi connectivity index (χ0n) is 10.0. The van der Waals surface area contributed by atoms with Gasteiger partial charge in [0.25, 0.3) is 0 Å². The summed E-state index contributed by atoms with van der Waals surface area (Å²) in [6, 6.07) is 14.8. The van der Waals surface area contributed by atoms with E-state index < -0.39 is 0 Å². The van der Waals surface area contributed by atoms with Crippen molar-refractivity contribution in [2.24, 2.45) is 0 Å². The van der Waals surface area contributed by atoms with Gasteiger partial charge < -0.3 is 4.42 Å². The van der Waals surface area contributed by atoms with E-state index in [0.717, 1.165) is 5.76 Å². The molecule has 1 aromatic heterocycles. The lowest BCUT2D eigenvalue weighted by Crippen LogP contribution is -1.85. The molecule has 0 atom stereocenters. The number of aryl methyl sites for hydroxylation is 2. The molecule has 0 saturated carbocycles. The van der Waals surface area contributed by atoms with E-state index in [1.165, 1.54) is 27.5 Å². The van der Waals surface area contributed by atoms with Gasteiger partial charge in [0.1, 0.15) is 5.76 Å². The van der Waals surface area contributed by atoms with Crippen molar-refractivity contribution in [3.05, 3.63) is 59.9 Å². The van der Waals surface area contributed by atoms with Crippen LogP contribution in [0.5, 0.6) is 0 Å². The lowest BCUT2D eigenvalue weighted by molar-refractivity contribution is 0.582. The molecule has 0 spiro atoms. The Kier molecular flexibility index (Phi) is 2.25. The molecule has 0 bridgehead atoms. The molecule has 2 aromatic carbocycles. The maximum absolute atomic E-state index is 5.54. The summed E-state index contributed by atoms with van der Waals surface area (Å²) in [5.41, 5.74) is 3.73. The number of hydrogen-bond donors (Lipinski definition) is 0. The topological polar surface area (TPSA) is 13.1 Å². The van der Waals surface area contributed by atoms with Gasteiger partial charge in [-0.25, -0.2) is 0 Å². The predicted octanol–water partition coefficient (Wildman–Crippen LogP) is 4.72. The van der Waals surface area contributed by atoms with Crippen molar-refractivity contribution >= 4 is 10.8 Å². The molecule has 0 unspecified atom stereocenters. The molecule has 0 radical (unpaired) electrons. The Hall–Kier alpha value is -2.02. The highest BCUT2D eigenvalue weighted by molar-refractivity contribution is 5.97. The van der Waals surface area contributed by atoms with Crippen molar-refractivity contribution in [3.8, 4) is 11.3 Å². The molecule has 84 valence electrons. The molecule has 1 nitrogen and oxygen atoms in total. The van der Waals surface area contributed by atoms with Gasteiger partial charge in [-0.1, -0.05) is 35.9 Å². The molecule has 0 amide bonds. The highest BCUT2D eigenvalue weighted by Crippen LogP contribution is 2.32. The lowest BCUT2D eigenvalue weighted by Gasteiger charge is -2.08. The molecule has 0 N–H and O–H groups in total. The second kappa shape index (κ2) is 3.77. The first kappa shape index (κ1) is 10.2. The van der Waals surface area contributed by atoms with Gasteiger partial charge in [0.05, 0.1) is 6.26 Å². The fraction of sp³-hybridized carbons (Fsp3) is 0.125. The van der Waals surface area contributed by atoms with Gasteiger partial charge in [-0.15, -0.1) is 0 Å². The van der Waals surface area contributed by atoms with Crippen molar-refractivity contribution in [1.82, 2.24) is 0 Å². The third-order valence-electron chi connectivity index (χ3n) is 3.15. The van der Waals surface area contributed by atoms with Crippen molar-refractivity contribution in [3.63, 3.8) is 0 Å². The maximum Gasteiger partial charge on any atom is 0.134 e. The minimum absolute atomic E-state index is 0.942. The van der Waals surface area contributed by atoms with Crippen LogP contribution in [0.4, 0.5) is 0 Å². The summed E-state index contributed by atoms with van der Waals surface area (Å²) in [6.07, 6.45) is 1.72. The summed E-state index contributed by atoms with van der Waals surface area (Å²) in [5, 5.41) is 2.52. The second-order valence-corrected chi connectivity index (χ2v) is 4.46. The highest BCUT2D eigenvalue weighted by Gasteiger charge is 2.09. The highest BCUT2D eigenvalue weighted by atomic mass is 16.3. The van der Waals surface area contributed by atoms with Crippen LogP contribution in [0.2, 0.25) is 0 Å². The van der Waals surface area contributed by atoms with E-state index in [2.05, 4.69) is 44.2 Å². The van der Waals surface area contributed by atoms with Crippen LogP contribution in [0.1, 0.15) is 11.1 Å². The zero-order valence-corrected chi connectivity index (χ0v) is 10.0. The standard InChI is InChI=1S/C16H14O/c1-11-5-8-14-13(10-11)7-6-12(2)16(14)15-4-3-9-17-15/h3-10H,1-2H3. The van der Waals surface area contributed by atoms with Gasteiger partial charge in [-0.05, 0) is 42.3 Å². The molecular weight excluding hydrogens is 208 g/mol. The van der Waals surface area contributed by atoms with Gasteiger partial charge in [-0.3, -0.25) is 0 Å². The number of benzene rings is 2. The fourth-order valence-corrected chi connectivity index (χ4v) is 2.31. The predicted molar refractivity (Wildman–Crippen MR) is 71.1 cm³/mol. The zero-order chi connectivity index (χ0) is 11.8. The van der Waals surface area contributed by atoms with Crippen LogP contribution in [-0.2, 0) is 0 Å². The van der Waals surface area contributed by atoms with E-state index in [-0.39, 0.29) is 0 Å². The van der Waals surface area contributed by atoms with Crippen molar-refractivity contribution in [2.45, 2.75) is 13.8 Å². The van der Waals surface area contributed by atoms with Gasteiger partial charge in [0.2, 0.25) is 0 Å². The number of rotatable bonds is 1. The fourth-order valence-electron chi connectivity index (χ4n) is 2.31. The molecule has 3 rings (SSSR count). The van der Waals surface area contributed by atoms with Crippen LogP contribution >= 0.6 is 0 Å². The van der Waals surface area contributed by atoms with E-state index in [1.807, 2.05) is 12.1 Å². The molecule has 1 heteroatoms. The van der Waals surface area contributed by atoms with Crippen molar-refractivity contribution in [2.75, 3.05) is 0 Å². The van der Waals surface area contributed by atoms with Crippen LogP contribution in [0.15, 0.2) is 53.1 Å². The lowest BCUT2D eigenvalue weighted by atomic mass is 9.97. The number of furan rings is 1. The third kappa shape index (κ3) is 1.64. The summed E-state index contributed by atoms with van der Waals surface area (Å²) in [4.78, 5) is 0. The first-order valence-corrected chi connectivity index (χ1v) is 5.79. The summed E-state index contributed by atoms with van der Waals surface area (Å²) in [6.45, 7) is 4.24. The molecule has 0 aliphatic carbocycles. The Morgan fingerprint density at radius 3 is 2.59 bits per heavy atom. The van der Waals surface area contributed by atoms with E-state index >= 15 is 0 Å². The molecule has 0 saturated heterocycles. The molecule has 0 aliphatic rings. The average molecular weight is 222 g/mol. The Balaban J connectivity index is 2.40. The Morgan fingerprint density at radius 2 is 1.82 bits per heavy atom. The quantitative estimate of drug-likeness (QED) is 0.580. The largest absolute Gasteiger partial charge is 0.464 e. The first-order valence-electron chi connectivity index (χ1n) is 5.79. The summed E-state index contributed by atoms with van der Waals surface area (Å²) in [7, 11) is 0. The normalized spacial score (nSPS) is 10.9. The summed E-state index contributed by atoms with van der Waals surface area (Å²) in [5.74, 6) is 0.942. The molecule has 0 fully saturated rings. The molecule has 17 heavy (non-hydrogen) atoms. The average Bonchev–Trinajstić information content (AvgIpc) is 2.82. The maximum atomic E-state index is 5.54. The molecule has 0 aliphatic heterocycles. The monoisotopic (exact) mass is 222 g/mol. The third-order valence-corrected chi connectivity index (χ3v) is 3.15. The number of fused-ring (bicyclic) bond motifs is 1. The van der Waals surface area contributed by atoms with E-state index in [9.17, 15) is 0 Å². The number of hydrogen-bond acceptors (Lipinski definition) is 1. The Morgan fingerprint density at radius 1 is 0.941 bits per heavy atom. The van der Waals surface area contributed by atoms with E-state index in [1.54, 1.807) is 6.26 Å². The summed E-state index contributed by atoms with van der Waals surface area (Å²) < 4.78 is 5.54. The SMILES string of the molecule is Cc1ccc2c(-c3ccco3)c(C)ccc2c1. The van der Waals surface area contributed by atoms with Gasteiger partial charge in [0, 0.05) is 5.56 Å². The Labute approximate surface area is 101 Å². The van der Waals surface area contributed by atoms with Crippen LogP contribution in [0.3, 0.4) is 0 Å². The van der Waals surface area contributed by atoms with E-state index in [0.29, 0.717) is 0 Å². The van der Waals surface area contributed by atoms with Crippen LogP contribution < -0.4 is 0 Å². The van der Waals surface area contributed by atoms with Gasteiger partial charge >= 0.3 is 0 Å². The van der Waals surface area contributed by atoms with Crippen molar-refractivity contribution < 1.29 is 4.42 Å². The first-order chi connectivity index (χ1) is 8.25. The van der Waals surface area contributed by atoms with Crippen LogP contribution in [0.25, 0.3) is 22.1 Å². The van der Waals surface area contributed by atoms with E-state index in [4.69, 9.17) is 4.42 Å². The molecular formula is C16H14O. The van der Waals surface area contributed by atoms with Crippen LogP contribution in [-0.4, -0.2) is 0 Å². The van der Waals surface area contributed by atoms with Gasteiger partial charge in [0.15, 0.2) is 0 Å². The summed E-state index contributed by atoms with van der Waals surface area (Å²) >= 11 is 0. The van der Waals surface area contributed by atoms with Crippen molar-refractivity contribution in [1.29, 1.82) is 0 Å².